The van der Waals surface area contributed by atoms with E-state index >= 15 is 0 Å². The summed E-state index contributed by atoms with van der Waals surface area (Å²) < 4.78 is 0. The molecule has 4 heteroatoms. The fourth-order valence-corrected chi connectivity index (χ4v) is 1.71. The molecule has 0 unspecified atom stereocenters. The van der Waals surface area contributed by atoms with Crippen molar-refractivity contribution in [1.82, 2.24) is 4.98 Å². The molecule has 0 aliphatic carbocycles. The number of nitrogens with one attached hydrogen (secondary N) is 2. The van der Waals surface area contributed by atoms with Crippen molar-refractivity contribution in [3.8, 4) is 0 Å². The highest BCUT2D eigenvalue weighted by molar-refractivity contribution is 5.87. The Morgan fingerprint density at radius 2 is 1.79 bits per heavy atom. The van der Waals surface area contributed by atoms with E-state index < -0.39 is 0 Å². The maximum Gasteiger partial charge on any atom is 0.222 e. The zero-order chi connectivity index (χ0) is 13.7. The van der Waals surface area contributed by atoms with Gasteiger partial charge in [0, 0.05) is 12.6 Å². The fraction of sp³-hybridized carbons (Fsp3) is 0.200. The summed E-state index contributed by atoms with van der Waals surface area (Å²) in [7, 11) is 0. The number of amides is 1. The van der Waals surface area contributed by atoms with Crippen LogP contribution in [0.1, 0.15) is 19.4 Å². The Balaban J connectivity index is 2.04. The number of pyridine rings is 1. The van der Waals surface area contributed by atoms with Gasteiger partial charge in [-0.1, -0.05) is 19.1 Å². The molecule has 2 rings (SSSR count). The van der Waals surface area contributed by atoms with E-state index in [0.29, 0.717) is 5.82 Å². The Morgan fingerprint density at radius 3 is 2.32 bits per heavy atom. The lowest BCUT2D eigenvalue weighted by Gasteiger charge is -2.07. The summed E-state index contributed by atoms with van der Waals surface area (Å²) in [5.41, 5.74) is 3.22. The zero-order valence-corrected chi connectivity index (χ0v) is 11.1. The standard InChI is InChI=1S/C15H17N3O/c1-3-12-4-6-13(7-5-12)18-14-8-9-15(16-10-14)17-11(2)19/h4-10,18H,3H2,1-2H3,(H,16,17,19). The van der Waals surface area contributed by atoms with Crippen molar-refractivity contribution in [2.24, 2.45) is 0 Å². The first-order chi connectivity index (χ1) is 9.17. The SMILES string of the molecule is CCc1ccc(Nc2ccc(NC(C)=O)nc2)cc1. The van der Waals surface area contributed by atoms with Gasteiger partial charge in [-0.3, -0.25) is 4.79 Å². The normalized spacial score (nSPS) is 10.0. The summed E-state index contributed by atoms with van der Waals surface area (Å²) in [5.74, 6) is 0.433. The van der Waals surface area contributed by atoms with E-state index in [0.717, 1.165) is 17.8 Å². The summed E-state index contributed by atoms with van der Waals surface area (Å²) in [6, 6.07) is 11.9. The van der Waals surface area contributed by atoms with Gasteiger partial charge in [0.15, 0.2) is 0 Å². The topological polar surface area (TPSA) is 54.0 Å². The average molecular weight is 255 g/mol. The van der Waals surface area contributed by atoms with Crippen molar-refractivity contribution in [3.63, 3.8) is 0 Å². The van der Waals surface area contributed by atoms with Gasteiger partial charge in [0.2, 0.25) is 5.91 Å². The first-order valence-corrected chi connectivity index (χ1v) is 6.27. The Morgan fingerprint density at radius 1 is 1.11 bits per heavy atom. The molecule has 1 aromatic carbocycles. The monoisotopic (exact) mass is 255 g/mol. The molecule has 2 N–H and O–H groups in total. The van der Waals surface area contributed by atoms with E-state index in [1.807, 2.05) is 18.2 Å². The lowest BCUT2D eigenvalue weighted by molar-refractivity contribution is -0.114. The molecule has 0 bridgehead atoms. The summed E-state index contributed by atoms with van der Waals surface area (Å²) in [4.78, 5) is 15.0. The molecule has 2 aromatic rings. The van der Waals surface area contributed by atoms with Crippen molar-refractivity contribution >= 4 is 23.1 Å². The average Bonchev–Trinajstić information content (AvgIpc) is 2.41. The van der Waals surface area contributed by atoms with Crippen LogP contribution in [0, 0.1) is 0 Å². The second-order valence-corrected chi connectivity index (χ2v) is 4.29. The van der Waals surface area contributed by atoms with Crippen LogP contribution in [0.2, 0.25) is 0 Å². The molecule has 0 aliphatic rings. The molecular formula is C15H17N3O. The third-order valence-electron chi connectivity index (χ3n) is 2.72. The van der Waals surface area contributed by atoms with Gasteiger partial charge in [0.05, 0.1) is 11.9 Å². The van der Waals surface area contributed by atoms with Crippen molar-refractivity contribution in [3.05, 3.63) is 48.2 Å². The lowest BCUT2D eigenvalue weighted by atomic mass is 10.1. The highest BCUT2D eigenvalue weighted by atomic mass is 16.1. The number of rotatable bonds is 4. The van der Waals surface area contributed by atoms with Gasteiger partial charge in [-0.2, -0.15) is 0 Å². The molecule has 0 radical (unpaired) electrons. The molecular weight excluding hydrogens is 238 g/mol. The lowest BCUT2D eigenvalue weighted by Crippen LogP contribution is -2.07. The highest BCUT2D eigenvalue weighted by Crippen LogP contribution is 2.17. The largest absolute Gasteiger partial charge is 0.354 e. The molecule has 0 atom stereocenters. The first-order valence-electron chi connectivity index (χ1n) is 6.27. The number of hydrogen-bond acceptors (Lipinski definition) is 3. The smallest absolute Gasteiger partial charge is 0.222 e. The van der Waals surface area contributed by atoms with Crippen molar-refractivity contribution in [2.75, 3.05) is 10.6 Å². The Bertz CT molecular complexity index is 547. The molecule has 0 fully saturated rings. The molecule has 19 heavy (non-hydrogen) atoms. The molecule has 0 saturated heterocycles. The number of hydrogen-bond donors (Lipinski definition) is 2. The van der Waals surface area contributed by atoms with E-state index in [1.54, 1.807) is 12.3 Å². The number of aromatic nitrogens is 1. The molecule has 0 saturated carbocycles. The fourth-order valence-electron chi connectivity index (χ4n) is 1.71. The number of aryl methyl sites for hydroxylation is 1. The Labute approximate surface area is 112 Å². The van der Waals surface area contributed by atoms with E-state index in [9.17, 15) is 4.79 Å². The highest BCUT2D eigenvalue weighted by Gasteiger charge is 1.98. The van der Waals surface area contributed by atoms with Gasteiger partial charge in [0.25, 0.3) is 0 Å². The summed E-state index contributed by atoms with van der Waals surface area (Å²) in [5, 5.41) is 5.89. The van der Waals surface area contributed by atoms with Gasteiger partial charge in [-0.25, -0.2) is 4.98 Å². The van der Waals surface area contributed by atoms with E-state index in [2.05, 4.69) is 34.7 Å². The van der Waals surface area contributed by atoms with Gasteiger partial charge < -0.3 is 10.6 Å². The van der Waals surface area contributed by atoms with Crippen molar-refractivity contribution < 1.29 is 4.79 Å². The van der Waals surface area contributed by atoms with Gasteiger partial charge >= 0.3 is 0 Å². The minimum absolute atomic E-state index is 0.122. The Hall–Kier alpha value is -2.36. The number of carbonyl (C=O) groups is 1. The van der Waals surface area contributed by atoms with E-state index in [4.69, 9.17) is 0 Å². The molecule has 1 aromatic heterocycles. The third kappa shape index (κ3) is 3.81. The number of benzene rings is 1. The van der Waals surface area contributed by atoms with Gasteiger partial charge in [0.1, 0.15) is 5.82 Å². The van der Waals surface area contributed by atoms with Crippen molar-refractivity contribution in [1.29, 1.82) is 0 Å². The van der Waals surface area contributed by atoms with Crippen LogP contribution in [-0.2, 0) is 11.2 Å². The second-order valence-electron chi connectivity index (χ2n) is 4.29. The van der Waals surface area contributed by atoms with Gasteiger partial charge in [-0.05, 0) is 36.2 Å². The summed E-state index contributed by atoms with van der Waals surface area (Å²) in [6.45, 7) is 3.59. The van der Waals surface area contributed by atoms with Crippen LogP contribution >= 0.6 is 0 Å². The molecule has 0 aliphatic heterocycles. The van der Waals surface area contributed by atoms with Gasteiger partial charge in [-0.15, -0.1) is 0 Å². The summed E-state index contributed by atoms with van der Waals surface area (Å²) in [6.07, 6.45) is 2.73. The maximum atomic E-state index is 10.9. The van der Waals surface area contributed by atoms with E-state index in [-0.39, 0.29) is 5.91 Å². The van der Waals surface area contributed by atoms with Crippen molar-refractivity contribution in [2.45, 2.75) is 20.3 Å². The minimum atomic E-state index is -0.122. The summed E-state index contributed by atoms with van der Waals surface area (Å²) >= 11 is 0. The van der Waals surface area contributed by atoms with Crippen LogP contribution in [-0.4, -0.2) is 10.9 Å². The predicted octanol–water partition coefficient (Wildman–Crippen LogP) is 3.35. The Kier molecular flexibility index (Phi) is 4.13. The second kappa shape index (κ2) is 6.00. The van der Waals surface area contributed by atoms with Crippen LogP contribution in [0.4, 0.5) is 17.2 Å². The van der Waals surface area contributed by atoms with Crippen LogP contribution < -0.4 is 10.6 Å². The zero-order valence-electron chi connectivity index (χ0n) is 11.1. The quantitative estimate of drug-likeness (QED) is 0.881. The van der Waals surface area contributed by atoms with Crippen LogP contribution in [0.5, 0.6) is 0 Å². The first kappa shape index (κ1) is 13.1. The van der Waals surface area contributed by atoms with E-state index in [1.165, 1.54) is 12.5 Å². The molecule has 0 spiro atoms. The van der Waals surface area contributed by atoms with Crippen LogP contribution in [0.3, 0.4) is 0 Å². The molecule has 1 heterocycles. The molecule has 98 valence electrons. The predicted molar refractivity (Wildman–Crippen MR) is 77.6 cm³/mol. The number of carbonyl (C=O) groups excluding carboxylic acids is 1. The molecule has 4 nitrogen and oxygen atoms in total. The minimum Gasteiger partial charge on any atom is -0.354 e. The number of nitrogens with zero attached hydrogens (tertiary/aromatic N) is 1. The number of anilines is 3. The molecule has 1 amide bonds. The van der Waals surface area contributed by atoms with Crippen LogP contribution in [0.15, 0.2) is 42.6 Å². The third-order valence-corrected chi connectivity index (χ3v) is 2.72. The maximum absolute atomic E-state index is 10.9. The van der Waals surface area contributed by atoms with Crippen LogP contribution in [0.25, 0.3) is 0 Å².